The average Bonchev–Trinajstić information content (AvgIpc) is 2.90. The number of nitriles is 2. The van der Waals surface area contributed by atoms with Crippen LogP contribution in [-0.4, -0.2) is 15.0 Å². The molecule has 0 radical (unpaired) electrons. The summed E-state index contributed by atoms with van der Waals surface area (Å²) in [5, 5.41) is 26.1. The number of nitrogens with zero attached hydrogens (tertiary/aromatic N) is 5. The highest BCUT2D eigenvalue weighted by molar-refractivity contribution is 5.76. The number of hydrogen-bond donors (Lipinski definition) is 0. The molecule has 0 aliphatic rings. The van der Waals surface area contributed by atoms with E-state index in [-0.39, 0.29) is 0 Å². The van der Waals surface area contributed by atoms with E-state index in [0.29, 0.717) is 16.8 Å². The van der Waals surface area contributed by atoms with Gasteiger partial charge in [-0.2, -0.15) is 10.5 Å². The van der Waals surface area contributed by atoms with Gasteiger partial charge in [0, 0.05) is 0 Å². The smallest absolute Gasteiger partial charge is 0.113 e. The molecule has 1 aromatic heterocycles. The van der Waals surface area contributed by atoms with E-state index in [4.69, 9.17) is 10.5 Å². The van der Waals surface area contributed by atoms with Gasteiger partial charge in [0.25, 0.3) is 0 Å². The molecular formula is C14H7N5. The number of aromatic nitrogens is 3. The molecule has 5 heteroatoms. The van der Waals surface area contributed by atoms with Gasteiger partial charge in [0.1, 0.15) is 17.7 Å². The molecule has 0 aliphatic carbocycles. The fourth-order valence-corrected chi connectivity index (χ4v) is 1.91. The van der Waals surface area contributed by atoms with Gasteiger partial charge in [-0.1, -0.05) is 17.3 Å². The van der Waals surface area contributed by atoms with E-state index in [1.165, 1.54) is 0 Å². The van der Waals surface area contributed by atoms with E-state index in [1.807, 2.05) is 36.4 Å². The van der Waals surface area contributed by atoms with Crippen LogP contribution in [0, 0.1) is 22.7 Å². The van der Waals surface area contributed by atoms with Gasteiger partial charge in [0.05, 0.1) is 22.3 Å². The quantitative estimate of drug-likeness (QED) is 0.658. The molecule has 1 heterocycles. The van der Waals surface area contributed by atoms with Crippen molar-refractivity contribution in [2.75, 3.05) is 0 Å². The average molecular weight is 245 g/mol. The highest BCUT2D eigenvalue weighted by Gasteiger charge is 2.08. The van der Waals surface area contributed by atoms with Crippen LogP contribution < -0.4 is 0 Å². The molecule has 0 saturated carbocycles. The van der Waals surface area contributed by atoms with Crippen LogP contribution in [0.1, 0.15) is 11.1 Å². The number of benzene rings is 2. The van der Waals surface area contributed by atoms with Crippen molar-refractivity contribution in [2.24, 2.45) is 0 Å². The lowest BCUT2D eigenvalue weighted by atomic mass is 10.1. The van der Waals surface area contributed by atoms with Gasteiger partial charge in [-0.3, -0.25) is 0 Å². The van der Waals surface area contributed by atoms with E-state index in [9.17, 15) is 0 Å². The summed E-state index contributed by atoms with van der Waals surface area (Å²) >= 11 is 0. The second kappa shape index (κ2) is 4.25. The lowest BCUT2D eigenvalue weighted by molar-refractivity contribution is 0.823. The summed E-state index contributed by atoms with van der Waals surface area (Å²) in [7, 11) is 0. The van der Waals surface area contributed by atoms with Gasteiger partial charge >= 0.3 is 0 Å². The Kier molecular flexibility index (Phi) is 2.45. The number of para-hydroxylation sites is 1. The Hall–Kier alpha value is -3.18. The molecule has 0 saturated heterocycles. The molecule has 0 spiro atoms. The molecule has 3 rings (SSSR count). The second-order valence-corrected chi connectivity index (χ2v) is 3.94. The first-order valence-electron chi connectivity index (χ1n) is 5.58. The van der Waals surface area contributed by atoms with Crippen LogP contribution in [0.4, 0.5) is 0 Å². The van der Waals surface area contributed by atoms with E-state index in [1.54, 1.807) is 22.9 Å². The molecule has 0 N–H and O–H groups in total. The summed E-state index contributed by atoms with van der Waals surface area (Å²) in [6.45, 7) is 0. The zero-order chi connectivity index (χ0) is 13.2. The van der Waals surface area contributed by atoms with Crippen molar-refractivity contribution in [1.29, 1.82) is 10.5 Å². The molecule has 0 aliphatic heterocycles. The Balaban J connectivity index is 2.23. The van der Waals surface area contributed by atoms with Crippen LogP contribution in [0.25, 0.3) is 16.7 Å². The van der Waals surface area contributed by atoms with Crippen LogP contribution in [0.2, 0.25) is 0 Å². The zero-order valence-corrected chi connectivity index (χ0v) is 9.78. The fourth-order valence-electron chi connectivity index (χ4n) is 1.91. The highest BCUT2D eigenvalue weighted by Crippen LogP contribution is 2.18. The summed E-state index contributed by atoms with van der Waals surface area (Å²) in [5.74, 6) is 0. The minimum Gasteiger partial charge on any atom is -0.213 e. The normalized spacial score (nSPS) is 10.0. The van der Waals surface area contributed by atoms with Gasteiger partial charge in [0.2, 0.25) is 0 Å². The Morgan fingerprint density at radius 3 is 2.53 bits per heavy atom. The predicted molar refractivity (Wildman–Crippen MR) is 68.3 cm³/mol. The topological polar surface area (TPSA) is 78.3 Å². The van der Waals surface area contributed by atoms with Gasteiger partial charge in [-0.25, -0.2) is 4.68 Å². The monoisotopic (exact) mass is 245 g/mol. The van der Waals surface area contributed by atoms with Crippen molar-refractivity contribution in [2.45, 2.75) is 0 Å². The first-order valence-corrected chi connectivity index (χ1v) is 5.58. The number of hydrogen-bond acceptors (Lipinski definition) is 4. The van der Waals surface area contributed by atoms with E-state index < -0.39 is 0 Å². The van der Waals surface area contributed by atoms with Crippen molar-refractivity contribution < 1.29 is 0 Å². The van der Waals surface area contributed by atoms with E-state index >= 15 is 0 Å². The fraction of sp³-hybridized carbons (Fsp3) is 0. The molecular weight excluding hydrogens is 238 g/mol. The molecule has 0 bridgehead atoms. The summed E-state index contributed by atoms with van der Waals surface area (Å²) < 4.78 is 1.65. The van der Waals surface area contributed by atoms with Crippen molar-refractivity contribution in [3.05, 3.63) is 53.6 Å². The number of fused-ring (bicyclic) bond motifs is 1. The first kappa shape index (κ1) is 10.9. The highest BCUT2D eigenvalue weighted by atomic mass is 15.4. The summed E-state index contributed by atoms with van der Waals surface area (Å²) in [6.07, 6.45) is 0. The summed E-state index contributed by atoms with van der Waals surface area (Å²) in [6, 6.07) is 16.6. The van der Waals surface area contributed by atoms with Crippen molar-refractivity contribution in [3.8, 4) is 17.8 Å². The second-order valence-electron chi connectivity index (χ2n) is 3.94. The molecule has 0 fully saturated rings. The minimum atomic E-state index is 0.333. The lowest BCUT2D eigenvalue weighted by Crippen LogP contribution is -1.98. The SMILES string of the molecule is N#Cc1ccc(-n2nnc3ccccc32)cc1C#N. The van der Waals surface area contributed by atoms with Gasteiger partial charge in [-0.05, 0) is 30.3 Å². The van der Waals surface area contributed by atoms with Gasteiger partial charge in [-0.15, -0.1) is 5.10 Å². The maximum Gasteiger partial charge on any atom is 0.113 e. The predicted octanol–water partition coefficient (Wildman–Crippen LogP) is 2.16. The lowest BCUT2D eigenvalue weighted by Gasteiger charge is -2.03. The molecule has 0 unspecified atom stereocenters. The molecule has 0 amide bonds. The molecule has 3 aromatic rings. The maximum atomic E-state index is 9.04. The Labute approximate surface area is 108 Å². The molecule has 19 heavy (non-hydrogen) atoms. The Morgan fingerprint density at radius 2 is 1.74 bits per heavy atom. The first-order chi connectivity index (χ1) is 9.33. The van der Waals surface area contributed by atoms with Crippen LogP contribution in [0.15, 0.2) is 42.5 Å². The Bertz CT molecular complexity index is 848. The van der Waals surface area contributed by atoms with Gasteiger partial charge in [0.15, 0.2) is 0 Å². The third kappa shape index (κ3) is 1.70. The van der Waals surface area contributed by atoms with Crippen molar-refractivity contribution in [1.82, 2.24) is 15.0 Å². The van der Waals surface area contributed by atoms with Gasteiger partial charge < -0.3 is 0 Å². The third-order valence-electron chi connectivity index (χ3n) is 2.84. The molecule has 88 valence electrons. The maximum absolute atomic E-state index is 9.04. The molecule has 0 atom stereocenters. The zero-order valence-electron chi connectivity index (χ0n) is 9.78. The third-order valence-corrected chi connectivity index (χ3v) is 2.84. The van der Waals surface area contributed by atoms with Crippen molar-refractivity contribution in [3.63, 3.8) is 0 Å². The van der Waals surface area contributed by atoms with E-state index in [0.717, 1.165) is 11.0 Å². The Morgan fingerprint density at radius 1 is 0.947 bits per heavy atom. The molecule has 2 aromatic carbocycles. The van der Waals surface area contributed by atoms with Crippen LogP contribution in [0.5, 0.6) is 0 Å². The minimum absolute atomic E-state index is 0.333. The van der Waals surface area contributed by atoms with Crippen molar-refractivity contribution >= 4 is 11.0 Å². The summed E-state index contributed by atoms with van der Waals surface area (Å²) in [5.41, 5.74) is 3.04. The van der Waals surface area contributed by atoms with Crippen LogP contribution >= 0.6 is 0 Å². The largest absolute Gasteiger partial charge is 0.213 e. The van der Waals surface area contributed by atoms with Crippen LogP contribution in [-0.2, 0) is 0 Å². The standard InChI is InChI=1S/C14H7N5/c15-8-10-5-6-12(7-11(10)9-16)19-14-4-2-1-3-13(14)17-18-19/h1-7H. The van der Waals surface area contributed by atoms with Crippen LogP contribution in [0.3, 0.4) is 0 Å². The number of rotatable bonds is 1. The van der Waals surface area contributed by atoms with E-state index in [2.05, 4.69) is 10.3 Å². The summed E-state index contributed by atoms with van der Waals surface area (Å²) in [4.78, 5) is 0. The molecule has 5 nitrogen and oxygen atoms in total.